The van der Waals surface area contributed by atoms with Gasteiger partial charge in [0.15, 0.2) is 0 Å². The number of fused-ring (bicyclic) bond motifs is 1. The molecule has 0 atom stereocenters. The predicted octanol–water partition coefficient (Wildman–Crippen LogP) is 2.44. The summed E-state index contributed by atoms with van der Waals surface area (Å²) in [4.78, 5) is 25.6. The Balaban J connectivity index is 2.03. The highest BCUT2D eigenvalue weighted by atomic mass is 32.2. The summed E-state index contributed by atoms with van der Waals surface area (Å²) in [6.07, 6.45) is 4.09. The van der Waals surface area contributed by atoms with Gasteiger partial charge in [0.1, 0.15) is 0 Å². The third-order valence-corrected chi connectivity index (χ3v) is 4.52. The van der Waals surface area contributed by atoms with Crippen molar-refractivity contribution in [3.63, 3.8) is 0 Å². The number of carbonyl (C=O) groups excluding carboxylic acids is 2. The normalized spacial score (nSPS) is 19.1. The number of ether oxygens (including phenoxy) is 2. The molecule has 2 rings (SSSR count). The summed E-state index contributed by atoms with van der Waals surface area (Å²) in [5.74, 6) is 0.152. The number of carbonyl (C=O) groups is 2. The van der Waals surface area contributed by atoms with Gasteiger partial charge in [-0.2, -0.15) is 0 Å². The maximum absolute atomic E-state index is 12.1. The molecular formula is C15H21NO4S. The molecule has 0 spiro atoms. The molecule has 0 aromatic rings. The minimum absolute atomic E-state index is 0.217. The lowest BCUT2D eigenvalue weighted by molar-refractivity contribution is -0.139. The van der Waals surface area contributed by atoms with Crippen LogP contribution in [-0.2, 0) is 19.1 Å². The first kappa shape index (κ1) is 15.9. The van der Waals surface area contributed by atoms with E-state index in [0.717, 1.165) is 35.7 Å². The van der Waals surface area contributed by atoms with Crippen LogP contribution in [0.5, 0.6) is 0 Å². The van der Waals surface area contributed by atoms with Crippen molar-refractivity contribution in [2.75, 3.05) is 25.5 Å². The smallest absolute Gasteiger partial charge is 0.336 e. The molecule has 0 amide bonds. The zero-order valence-electron chi connectivity index (χ0n) is 12.5. The zero-order valence-corrected chi connectivity index (χ0v) is 13.3. The average molecular weight is 311 g/mol. The van der Waals surface area contributed by atoms with Gasteiger partial charge in [0.05, 0.1) is 23.8 Å². The second kappa shape index (κ2) is 7.54. The summed E-state index contributed by atoms with van der Waals surface area (Å²) in [6, 6.07) is 0. The maximum atomic E-state index is 12.1. The van der Waals surface area contributed by atoms with E-state index in [9.17, 15) is 9.59 Å². The quantitative estimate of drug-likeness (QED) is 0.427. The molecule has 2 aliphatic rings. The van der Waals surface area contributed by atoms with Crippen LogP contribution in [0.25, 0.3) is 0 Å². The standard InChI is InChI=1S/C15H21NO4S/c1-3-5-8-20-15(18)12-6-7-16-11(10-21-14(12)16)9-13(17)19-4-2/h9H,3-8,10H2,1-2H3. The molecule has 116 valence electrons. The highest BCUT2D eigenvalue weighted by molar-refractivity contribution is 8.03. The van der Waals surface area contributed by atoms with Crippen molar-refractivity contribution in [3.8, 4) is 0 Å². The molecule has 0 saturated carbocycles. The summed E-state index contributed by atoms with van der Waals surface area (Å²) in [7, 11) is 0. The molecule has 0 radical (unpaired) electrons. The van der Waals surface area contributed by atoms with Crippen molar-refractivity contribution < 1.29 is 19.1 Å². The van der Waals surface area contributed by atoms with E-state index in [1.54, 1.807) is 18.7 Å². The fourth-order valence-electron chi connectivity index (χ4n) is 2.28. The van der Waals surface area contributed by atoms with Gasteiger partial charge in [-0.3, -0.25) is 0 Å². The van der Waals surface area contributed by atoms with Gasteiger partial charge in [-0.15, -0.1) is 11.8 Å². The van der Waals surface area contributed by atoms with Gasteiger partial charge in [-0.1, -0.05) is 13.3 Å². The summed E-state index contributed by atoms with van der Waals surface area (Å²) in [6.45, 7) is 5.42. The molecule has 6 heteroatoms. The molecule has 0 N–H and O–H groups in total. The van der Waals surface area contributed by atoms with Gasteiger partial charge in [0.25, 0.3) is 0 Å². The van der Waals surface area contributed by atoms with Crippen LogP contribution in [0.1, 0.15) is 33.1 Å². The van der Waals surface area contributed by atoms with Crippen LogP contribution in [0, 0.1) is 0 Å². The van der Waals surface area contributed by atoms with E-state index in [4.69, 9.17) is 9.47 Å². The Hall–Kier alpha value is -1.43. The number of esters is 2. The van der Waals surface area contributed by atoms with E-state index < -0.39 is 0 Å². The lowest BCUT2D eigenvalue weighted by Gasteiger charge is -2.14. The molecule has 0 unspecified atom stereocenters. The Kier molecular flexibility index (Phi) is 5.73. The highest BCUT2D eigenvalue weighted by Crippen LogP contribution is 2.42. The van der Waals surface area contributed by atoms with Crippen molar-refractivity contribution >= 4 is 23.7 Å². The maximum Gasteiger partial charge on any atom is 0.336 e. The Morgan fingerprint density at radius 2 is 2.14 bits per heavy atom. The number of unbranched alkanes of at least 4 members (excludes halogenated alkanes) is 1. The lowest BCUT2D eigenvalue weighted by Crippen LogP contribution is -2.15. The van der Waals surface area contributed by atoms with E-state index in [0.29, 0.717) is 25.4 Å². The number of nitrogens with zero attached hydrogens (tertiary/aromatic N) is 1. The number of rotatable bonds is 6. The monoisotopic (exact) mass is 311 g/mol. The van der Waals surface area contributed by atoms with Crippen molar-refractivity contribution in [3.05, 3.63) is 22.4 Å². The van der Waals surface area contributed by atoms with Gasteiger partial charge in [-0.25, -0.2) is 9.59 Å². The molecule has 5 nitrogen and oxygen atoms in total. The van der Waals surface area contributed by atoms with Gasteiger partial charge in [0, 0.05) is 30.5 Å². The van der Waals surface area contributed by atoms with Crippen molar-refractivity contribution in [1.29, 1.82) is 0 Å². The lowest BCUT2D eigenvalue weighted by atomic mass is 10.2. The molecule has 0 aromatic heterocycles. The Morgan fingerprint density at radius 1 is 1.33 bits per heavy atom. The Labute approximate surface area is 129 Å². The van der Waals surface area contributed by atoms with Crippen LogP contribution >= 0.6 is 11.8 Å². The number of thioether (sulfide) groups is 1. The zero-order chi connectivity index (χ0) is 15.2. The molecule has 2 aliphatic heterocycles. The van der Waals surface area contributed by atoms with Gasteiger partial charge < -0.3 is 14.4 Å². The largest absolute Gasteiger partial charge is 0.463 e. The van der Waals surface area contributed by atoms with Gasteiger partial charge >= 0.3 is 11.9 Å². The average Bonchev–Trinajstić information content (AvgIpc) is 3.02. The van der Waals surface area contributed by atoms with Gasteiger partial charge in [0.2, 0.25) is 0 Å². The number of hydrogen-bond acceptors (Lipinski definition) is 6. The Bertz CT molecular complexity index is 484. The minimum Gasteiger partial charge on any atom is -0.463 e. The van der Waals surface area contributed by atoms with E-state index >= 15 is 0 Å². The minimum atomic E-state index is -0.326. The van der Waals surface area contributed by atoms with Crippen LogP contribution in [-0.4, -0.2) is 42.3 Å². The number of hydrogen-bond donors (Lipinski definition) is 0. The third-order valence-electron chi connectivity index (χ3n) is 3.34. The molecule has 2 heterocycles. The first-order valence-corrected chi connectivity index (χ1v) is 8.33. The molecular weight excluding hydrogens is 290 g/mol. The summed E-state index contributed by atoms with van der Waals surface area (Å²) < 4.78 is 10.2. The van der Waals surface area contributed by atoms with Crippen LogP contribution < -0.4 is 0 Å². The van der Waals surface area contributed by atoms with Gasteiger partial charge in [-0.05, 0) is 13.3 Å². The summed E-state index contributed by atoms with van der Waals surface area (Å²) >= 11 is 1.59. The second-order valence-electron chi connectivity index (χ2n) is 4.85. The van der Waals surface area contributed by atoms with E-state index in [1.807, 2.05) is 4.90 Å². The predicted molar refractivity (Wildman–Crippen MR) is 81.4 cm³/mol. The molecule has 0 aromatic carbocycles. The summed E-state index contributed by atoms with van der Waals surface area (Å²) in [5.41, 5.74) is 1.65. The van der Waals surface area contributed by atoms with Crippen LogP contribution in [0.4, 0.5) is 0 Å². The first-order chi connectivity index (χ1) is 10.2. The van der Waals surface area contributed by atoms with Crippen molar-refractivity contribution in [2.45, 2.75) is 33.1 Å². The fraction of sp³-hybridized carbons (Fsp3) is 0.600. The highest BCUT2D eigenvalue weighted by Gasteiger charge is 2.35. The third kappa shape index (κ3) is 3.81. The van der Waals surface area contributed by atoms with E-state index in [1.165, 1.54) is 6.08 Å². The van der Waals surface area contributed by atoms with Crippen molar-refractivity contribution in [2.24, 2.45) is 0 Å². The Morgan fingerprint density at radius 3 is 2.86 bits per heavy atom. The van der Waals surface area contributed by atoms with E-state index in [2.05, 4.69) is 6.92 Å². The van der Waals surface area contributed by atoms with Crippen molar-refractivity contribution in [1.82, 2.24) is 4.90 Å². The molecule has 1 fully saturated rings. The molecule has 1 saturated heterocycles. The molecule has 0 aliphatic carbocycles. The fourth-order valence-corrected chi connectivity index (χ4v) is 3.53. The second-order valence-corrected chi connectivity index (χ2v) is 5.82. The topological polar surface area (TPSA) is 55.8 Å². The summed E-state index contributed by atoms with van der Waals surface area (Å²) in [5, 5.41) is 0.937. The van der Waals surface area contributed by atoms with Crippen LogP contribution in [0.15, 0.2) is 22.4 Å². The molecule has 0 bridgehead atoms. The van der Waals surface area contributed by atoms with Crippen LogP contribution in [0.3, 0.4) is 0 Å². The SMILES string of the molecule is CCCCOC(=O)C1=C2SCC(=CC(=O)OCC)N2CC1. The van der Waals surface area contributed by atoms with Crippen LogP contribution in [0.2, 0.25) is 0 Å². The first-order valence-electron chi connectivity index (χ1n) is 7.35. The molecule has 21 heavy (non-hydrogen) atoms. The van der Waals surface area contributed by atoms with E-state index in [-0.39, 0.29) is 11.9 Å².